The van der Waals surface area contributed by atoms with Gasteiger partial charge in [0.15, 0.2) is 17.7 Å². The van der Waals surface area contributed by atoms with Gasteiger partial charge in [-0.05, 0) is 42.0 Å². The third-order valence-corrected chi connectivity index (χ3v) is 4.62. The first-order valence-corrected chi connectivity index (χ1v) is 8.38. The van der Waals surface area contributed by atoms with Gasteiger partial charge in [-0.2, -0.15) is 0 Å². The molecule has 130 valence electrons. The molecule has 0 spiro atoms. The first-order chi connectivity index (χ1) is 12.8. The molecule has 3 aromatic rings. The van der Waals surface area contributed by atoms with E-state index in [1.165, 1.54) is 0 Å². The highest BCUT2D eigenvalue weighted by Crippen LogP contribution is 2.36. The number of nitrogens with one attached hydrogen (secondary N) is 1. The molecule has 0 fully saturated rings. The molecule has 0 saturated carbocycles. The average Bonchev–Trinajstić information content (AvgIpc) is 3.35. The van der Waals surface area contributed by atoms with Crippen molar-refractivity contribution in [1.29, 1.82) is 0 Å². The Labute approximate surface area is 149 Å². The number of para-hydroxylation sites is 1. The number of ether oxygens (including phenoxy) is 2. The van der Waals surface area contributed by atoms with Crippen molar-refractivity contribution in [2.24, 2.45) is 0 Å². The van der Waals surface area contributed by atoms with Crippen LogP contribution in [0.25, 0.3) is 0 Å². The van der Waals surface area contributed by atoms with Gasteiger partial charge in [0.25, 0.3) is 5.91 Å². The van der Waals surface area contributed by atoms with Gasteiger partial charge < -0.3 is 24.1 Å². The molecule has 5 rings (SSSR count). The Morgan fingerprint density at radius 2 is 1.92 bits per heavy atom. The van der Waals surface area contributed by atoms with Crippen LogP contribution in [0.3, 0.4) is 0 Å². The number of amides is 1. The van der Waals surface area contributed by atoms with Gasteiger partial charge in [0.2, 0.25) is 6.79 Å². The summed E-state index contributed by atoms with van der Waals surface area (Å²) in [5.74, 6) is 2.08. The highest BCUT2D eigenvalue weighted by Gasteiger charge is 2.34. The van der Waals surface area contributed by atoms with Crippen LogP contribution in [0.1, 0.15) is 27.8 Å². The van der Waals surface area contributed by atoms with E-state index in [1.807, 2.05) is 54.6 Å². The topological polar surface area (TPSA) is 63.9 Å². The molecule has 1 atom stereocenters. The second kappa shape index (κ2) is 5.84. The number of hydrogen-bond acceptors (Lipinski definition) is 5. The molecule has 0 saturated heterocycles. The van der Waals surface area contributed by atoms with Gasteiger partial charge in [0, 0.05) is 12.2 Å². The Balaban J connectivity index is 1.53. The first kappa shape index (κ1) is 14.9. The van der Waals surface area contributed by atoms with Crippen molar-refractivity contribution in [3.8, 4) is 11.5 Å². The van der Waals surface area contributed by atoms with Crippen LogP contribution in [0, 0.1) is 0 Å². The minimum Gasteiger partial charge on any atom is -0.465 e. The summed E-state index contributed by atoms with van der Waals surface area (Å²) in [6.07, 6.45) is 1.23. The molecule has 0 unspecified atom stereocenters. The van der Waals surface area contributed by atoms with Crippen LogP contribution in [-0.2, 0) is 6.54 Å². The molecule has 3 heterocycles. The van der Waals surface area contributed by atoms with Crippen molar-refractivity contribution in [3.05, 3.63) is 77.7 Å². The summed E-state index contributed by atoms with van der Waals surface area (Å²) in [7, 11) is 0. The maximum atomic E-state index is 13.1. The Morgan fingerprint density at radius 3 is 2.81 bits per heavy atom. The van der Waals surface area contributed by atoms with Crippen molar-refractivity contribution in [3.63, 3.8) is 0 Å². The lowest BCUT2D eigenvalue weighted by Gasteiger charge is -2.36. The highest BCUT2D eigenvalue weighted by molar-refractivity contribution is 6.01. The summed E-state index contributed by atoms with van der Waals surface area (Å²) in [4.78, 5) is 14.9. The zero-order chi connectivity index (χ0) is 17.5. The van der Waals surface area contributed by atoms with Gasteiger partial charge in [0.1, 0.15) is 5.76 Å². The molecular weight excluding hydrogens is 332 g/mol. The monoisotopic (exact) mass is 348 g/mol. The second-order valence-corrected chi connectivity index (χ2v) is 6.23. The quantitative estimate of drug-likeness (QED) is 0.780. The van der Waals surface area contributed by atoms with Crippen molar-refractivity contribution >= 4 is 11.6 Å². The molecule has 6 heteroatoms. The van der Waals surface area contributed by atoms with E-state index >= 15 is 0 Å². The van der Waals surface area contributed by atoms with E-state index in [4.69, 9.17) is 13.9 Å². The number of rotatable bonds is 3. The van der Waals surface area contributed by atoms with Gasteiger partial charge in [0.05, 0.1) is 11.8 Å². The minimum atomic E-state index is -0.377. The SMILES string of the molecule is O=C1c2ccccc2N[C@H](c2ccco2)N1Cc1ccc2c(c1)OCO2. The summed E-state index contributed by atoms with van der Waals surface area (Å²) in [5, 5.41) is 3.41. The van der Waals surface area contributed by atoms with Crippen LogP contribution in [0.2, 0.25) is 0 Å². The summed E-state index contributed by atoms with van der Waals surface area (Å²) < 4.78 is 16.4. The highest BCUT2D eigenvalue weighted by atomic mass is 16.7. The van der Waals surface area contributed by atoms with E-state index in [9.17, 15) is 4.79 Å². The maximum Gasteiger partial charge on any atom is 0.258 e. The van der Waals surface area contributed by atoms with Gasteiger partial charge >= 0.3 is 0 Å². The van der Waals surface area contributed by atoms with Gasteiger partial charge in [-0.15, -0.1) is 0 Å². The van der Waals surface area contributed by atoms with Gasteiger partial charge in [-0.3, -0.25) is 4.79 Å². The summed E-state index contributed by atoms with van der Waals surface area (Å²) >= 11 is 0. The number of carbonyl (C=O) groups is 1. The summed E-state index contributed by atoms with van der Waals surface area (Å²) in [6.45, 7) is 0.646. The number of benzene rings is 2. The lowest BCUT2D eigenvalue weighted by Crippen LogP contribution is -2.42. The van der Waals surface area contributed by atoms with Crippen LogP contribution in [0.15, 0.2) is 65.3 Å². The van der Waals surface area contributed by atoms with Crippen molar-refractivity contribution in [2.45, 2.75) is 12.7 Å². The molecule has 0 bridgehead atoms. The van der Waals surface area contributed by atoms with Crippen molar-refractivity contribution in [2.75, 3.05) is 12.1 Å². The van der Waals surface area contributed by atoms with Crippen LogP contribution in [0.5, 0.6) is 11.5 Å². The van der Waals surface area contributed by atoms with Gasteiger partial charge in [-0.25, -0.2) is 0 Å². The first-order valence-electron chi connectivity index (χ1n) is 8.38. The van der Waals surface area contributed by atoms with Crippen molar-refractivity contribution < 1.29 is 18.7 Å². The molecule has 2 aromatic carbocycles. The molecule has 2 aliphatic rings. The number of furan rings is 1. The van der Waals surface area contributed by atoms with E-state index in [1.54, 1.807) is 11.2 Å². The van der Waals surface area contributed by atoms with Crippen LogP contribution < -0.4 is 14.8 Å². The Morgan fingerprint density at radius 1 is 1.04 bits per heavy atom. The van der Waals surface area contributed by atoms with Crippen LogP contribution in [0.4, 0.5) is 5.69 Å². The predicted molar refractivity (Wildman–Crippen MR) is 94.0 cm³/mol. The molecule has 26 heavy (non-hydrogen) atoms. The molecule has 0 radical (unpaired) electrons. The van der Waals surface area contributed by atoms with Crippen LogP contribution in [-0.4, -0.2) is 17.6 Å². The molecule has 0 aliphatic carbocycles. The third kappa shape index (κ3) is 2.38. The molecule has 6 nitrogen and oxygen atoms in total. The average molecular weight is 348 g/mol. The second-order valence-electron chi connectivity index (χ2n) is 6.23. The number of carbonyl (C=O) groups excluding carboxylic acids is 1. The summed E-state index contributed by atoms with van der Waals surface area (Å²) in [6, 6.07) is 16.9. The number of nitrogens with zero attached hydrogens (tertiary/aromatic N) is 1. The van der Waals surface area contributed by atoms with E-state index in [2.05, 4.69) is 5.32 Å². The predicted octanol–water partition coefficient (Wildman–Crippen LogP) is 3.78. The fourth-order valence-electron chi connectivity index (χ4n) is 3.36. The van der Waals surface area contributed by atoms with E-state index in [0.717, 1.165) is 17.0 Å². The third-order valence-electron chi connectivity index (χ3n) is 4.62. The number of fused-ring (bicyclic) bond motifs is 2. The summed E-state index contributed by atoms with van der Waals surface area (Å²) in [5.41, 5.74) is 2.41. The van der Waals surface area contributed by atoms with Crippen molar-refractivity contribution in [1.82, 2.24) is 4.90 Å². The fraction of sp³-hybridized carbons (Fsp3) is 0.150. The minimum absolute atomic E-state index is 0.0431. The fourth-order valence-corrected chi connectivity index (χ4v) is 3.36. The van der Waals surface area contributed by atoms with E-state index in [-0.39, 0.29) is 18.9 Å². The molecule has 2 aliphatic heterocycles. The van der Waals surface area contributed by atoms with Crippen LogP contribution >= 0.6 is 0 Å². The van der Waals surface area contributed by atoms with E-state index < -0.39 is 0 Å². The molecule has 1 amide bonds. The molecule has 1 aromatic heterocycles. The molecule has 1 N–H and O–H groups in total. The Bertz CT molecular complexity index is 968. The smallest absolute Gasteiger partial charge is 0.258 e. The molecular formula is C20H16N2O4. The maximum absolute atomic E-state index is 13.1. The lowest BCUT2D eigenvalue weighted by molar-refractivity contribution is 0.0645. The van der Waals surface area contributed by atoms with E-state index in [0.29, 0.717) is 23.6 Å². The van der Waals surface area contributed by atoms with Gasteiger partial charge in [-0.1, -0.05) is 18.2 Å². The normalized spacial score (nSPS) is 17.8. The Hall–Kier alpha value is -3.41. The number of anilines is 1. The lowest BCUT2D eigenvalue weighted by atomic mass is 10.1. The Kier molecular flexibility index (Phi) is 3.35. The zero-order valence-corrected chi connectivity index (χ0v) is 13.8. The largest absolute Gasteiger partial charge is 0.465 e. The number of hydrogen-bond donors (Lipinski definition) is 1. The standard InChI is InChI=1S/C20H16N2O4/c23-20-14-4-1-2-5-15(14)21-19(17-6-3-9-24-17)22(20)11-13-7-8-16-18(10-13)26-12-25-16/h1-10,19,21H,11-12H2/t19-/m0/s1. The zero-order valence-electron chi connectivity index (χ0n) is 13.8.